The average molecular weight is 421 g/mol. The average Bonchev–Trinajstić information content (AvgIpc) is 2.83. The van der Waals surface area contributed by atoms with Crippen molar-refractivity contribution >= 4 is 5.91 Å². The lowest BCUT2D eigenvalue weighted by molar-refractivity contribution is -0.139. The molecule has 4 rings (SSSR count). The second-order valence-electron chi connectivity index (χ2n) is 7.32. The van der Waals surface area contributed by atoms with Crippen molar-refractivity contribution in [2.75, 3.05) is 26.8 Å². The number of carbonyl (C=O) groups excluding carboxylic acids is 1. The lowest BCUT2D eigenvalue weighted by Gasteiger charge is -2.32. The van der Waals surface area contributed by atoms with Crippen LogP contribution in [0.4, 0.5) is 4.39 Å². The van der Waals surface area contributed by atoms with Crippen LogP contribution in [-0.4, -0.2) is 47.6 Å². The molecule has 1 aliphatic rings. The standard InChI is InChI=1S/C24H24FN3O3/c1-30-22-9-5-2-6-17(22)10-11-24(29)28-12-13-31-23(16-28)21-15-26-14-20(27-21)18-7-3-4-8-19(18)25/h2-9,14-15,23H,10-13,16H2,1H3/t23-/m1/s1. The van der Waals surface area contributed by atoms with E-state index in [-0.39, 0.29) is 11.7 Å². The summed E-state index contributed by atoms with van der Waals surface area (Å²) < 4.78 is 25.4. The van der Waals surface area contributed by atoms with Gasteiger partial charge < -0.3 is 14.4 Å². The van der Waals surface area contributed by atoms with Gasteiger partial charge in [0.25, 0.3) is 0 Å². The van der Waals surface area contributed by atoms with Crippen LogP contribution in [0.2, 0.25) is 0 Å². The van der Waals surface area contributed by atoms with E-state index in [1.54, 1.807) is 36.4 Å². The van der Waals surface area contributed by atoms with Gasteiger partial charge in [0, 0.05) is 18.5 Å². The van der Waals surface area contributed by atoms with Crippen molar-refractivity contribution in [2.24, 2.45) is 0 Å². The highest BCUT2D eigenvalue weighted by atomic mass is 19.1. The summed E-state index contributed by atoms with van der Waals surface area (Å²) >= 11 is 0. The van der Waals surface area contributed by atoms with Gasteiger partial charge in [0.15, 0.2) is 0 Å². The number of aryl methyl sites for hydroxylation is 1. The van der Waals surface area contributed by atoms with Crippen LogP contribution < -0.4 is 4.74 Å². The molecule has 1 saturated heterocycles. The molecule has 0 aliphatic carbocycles. The van der Waals surface area contributed by atoms with Crippen LogP contribution in [0.5, 0.6) is 5.75 Å². The Morgan fingerprint density at radius 2 is 2.00 bits per heavy atom. The van der Waals surface area contributed by atoms with E-state index in [0.717, 1.165) is 11.3 Å². The lowest BCUT2D eigenvalue weighted by atomic mass is 10.1. The molecule has 7 heteroatoms. The molecule has 1 fully saturated rings. The van der Waals surface area contributed by atoms with Crippen LogP contribution >= 0.6 is 0 Å². The molecule has 0 bridgehead atoms. The molecule has 31 heavy (non-hydrogen) atoms. The highest BCUT2D eigenvalue weighted by Crippen LogP contribution is 2.25. The molecule has 0 unspecified atom stereocenters. The van der Waals surface area contributed by atoms with E-state index in [1.807, 2.05) is 24.3 Å². The highest BCUT2D eigenvalue weighted by molar-refractivity contribution is 5.76. The van der Waals surface area contributed by atoms with Crippen molar-refractivity contribution in [2.45, 2.75) is 18.9 Å². The minimum atomic E-state index is -0.400. The predicted molar refractivity (Wildman–Crippen MR) is 114 cm³/mol. The van der Waals surface area contributed by atoms with E-state index < -0.39 is 6.10 Å². The van der Waals surface area contributed by atoms with Gasteiger partial charge in [0.1, 0.15) is 17.7 Å². The van der Waals surface area contributed by atoms with E-state index in [2.05, 4.69) is 9.97 Å². The van der Waals surface area contributed by atoms with Crippen LogP contribution in [0, 0.1) is 5.82 Å². The lowest BCUT2D eigenvalue weighted by Crippen LogP contribution is -2.42. The van der Waals surface area contributed by atoms with E-state index >= 15 is 0 Å². The number of methoxy groups -OCH3 is 1. The molecule has 0 spiro atoms. The molecule has 2 heterocycles. The number of aromatic nitrogens is 2. The number of benzene rings is 2. The summed E-state index contributed by atoms with van der Waals surface area (Å²) in [5.74, 6) is 0.486. The van der Waals surface area contributed by atoms with Crippen molar-refractivity contribution in [3.05, 3.63) is 78.0 Å². The SMILES string of the molecule is COc1ccccc1CCC(=O)N1CCO[C@@H](c2cncc(-c3ccccc3F)n2)C1. The summed E-state index contributed by atoms with van der Waals surface area (Å²) in [6.07, 6.45) is 3.73. The minimum absolute atomic E-state index is 0.0532. The van der Waals surface area contributed by atoms with Crippen LogP contribution in [0.1, 0.15) is 23.8 Å². The normalized spacial score (nSPS) is 16.2. The predicted octanol–water partition coefficient (Wildman–Crippen LogP) is 3.82. The van der Waals surface area contributed by atoms with Crippen LogP contribution in [0.15, 0.2) is 60.9 Å². The fourth-order valence-electron chi connectivity index (χ4n) is 3.70. The number of nitrogens with zero attached hydrogens (tertiary/aromatic N) is 3. The number of morpholine rings is 1. The minimum Gasteiger partial charge on any atom is -0.496 e. The number of hydrogen-bond acceptors (Lipinski definition) is 5. The van der Waals surface area contributed by atoms with Gasteiger partial charge in [0.2, 0.25) is 5.91 Å². The number of halogens is 1. The van der Waals surface area contributed by atoms with Crippen LogP contribution in [-0.2, 0) is 16.0 Å². The Bertz CT molecular complexity index is 1060. The summed E-state index contributed by atoms with van der Waals surface area (Å²) in [7, 11) is 1.63. The van der Waals surface area contributed by atoms with Gasteiger partial charge in [-0.15, -0.1) is 0 Å². The maximum atomic E-state index is 14.1. The molecule has 160 valence electrons. The summed E-state index contributed by atoms with van der Waals surface area (Å²) in [5, 5.41) is 0. The third-order valence-corrected chi connectivity index (χ3v) is 5.35. The molecule has 0 saturated carbocycles. The van der Waals surface area contributed by atoms with Gasteiger partial charge in [-0.05, 0) is 30.2 Å². The Kier molecular flexibility index (Phi) is 6.52. The number of hydrogen-bond donors (Lipinski definition) is 0. The molecule has 0 N–H and O–H groups in total. The van der Waals surface area contributed by atoms with Crippen molar-refractivity contribution in [1.82, 2.24) is 14.9 Å². The zero-order valence-corrected chi connectivity index (χ0v) is 17.3. The summed E-state index contributed by atoms with van der Waals surface area (Å²) in [6.45, 7) is 1.33. The van der Waals surface area contributed by atoms with Gasteiger partial charge >= 0.3 is 0 Å². The Labute approximate surface area is 180 Å². The van der Waals surface area contributed by atoms with Crippen LogP contribution in [0.3, 0.4) is 0 Å². The van der Waals surface area contributed by atoms with E-state index in [9.17, 15) is 9.18 Å². The monoisotopic (exact) mass is 421 g/mol. The van der Waals surface area contributed by atoms with E-state index in [4.69, 9.17) is 9.47 Å². The topological polar surface area (TPSA) is 64.5 Å². The molecule has 2 aromatic carbocycles. The third-order valence-electron chi connectivity index (χ3n) is 5.35. The van der Waals surface area contributed by atoms with Gasteiger partial charge in [0.05, 0.1) is 44.0 Å². The number of ether oxygens (including phenoxy) is 2. The van der Waals surface area contributed by atoms with Gasteiger partial charge in [-0.25, -0.2) is 9.37 Å². The second-order valence-corrected chi connectivity index (χ2v) is 7.32. The Morgan fingerprint density at radius 1 is 1.19 bits per heavy atom. The molecular weight excluding hydrogens is 397 g/mol. The first-order chi connectivity index (χ1) is 15.2. The molecule has 1 amide bonds. The third kappa shape index (κ3) is 4.88. The Hall–Kier alpha value is -3.32. The Morgan fingerprint density at radius 3 is 2.84 bits per heavy atom. The van der Waals surface area contributed by atoms with Crippen LogP contribution in [0.25, 0.3) is 11.3 Å². The Balaban J connectivity index is 1.43. The van der Waals surface area contributed by atoms with Gasteiger partial charge in [-0.1, -0.05) is 30.3 Å². The fraction of sp³-hybridized carbons (Fsp3) is 0.292. The molecule has 1 aromatic heterocycles. The summed E-state index contributed by atoms with van der Waals surface area (Å²) in [4.78, 5) is 23.4. The maximum absolute atomic E-state index is 14.1. The summed E-state index contributed by atoms with van der Waals surface area (Å²) in [5.41, 5.74) is 2.42. The molecule has 1 aliphatic heterocycles. The largest absolute Gasteiger partial charge is 0.496 e. The second kappa shape index (κ2) is 9.66. The van der Waals surface area contributed by atoms with Crippen molar-refractivity contribution in [3.8, 4) is 17.0 Å². The van der Waals surface area contributed by atoms with Gasteiger partial charge in [-0.2, -0.15) is 0 Å². The van der Waals surface area contributed by atoms with Crippen molar-refractivity contribution in [1.29, 1.82) is 0 Å². The number of para-hydroxylation sites is 1. The fourth-order valence-corrected chi connectivity index (χ4v) is 3.70. The quantitative estimate of drug-likeness (QED) is 0.605. The smallest absolute Gasteiger partial charge is 0.223 e. The molecule has 6 nitrogen and oxygen atoms in total. The van der Waals surface area contributed by atoms with E-state index in [1.165, 1.54) is 12.3 Å². The van der Waals surface area contributed by atoms with Crippen molar-refractivity contribution in [3.63, 3.8) is 0 Å². The zero-order valence-electron chi connectivity index (χ0n) is 17.3. The van der Waals surface area contributed by atoms with Gasteiger partial charge in [-0.3, -0.25) is 9.78 Å². The van der Waals surface area contributed by atoms with Crippen molar-refractivity contribution < 1.29 is 18.7 Å². The number of rotatable bonds is 6. The molecule has 3 aromatic rings. The highest BCUT2D eigenvalue weighted by Gasteiger charge is 2.27. The maximum Gasteiger partial charge on any atom is 0.223 e. The first kappa shape index (κ1) is 20.9. The molecular formula is C24H24FN3O3. The van der Waals surface area contributed by atoms with E-state index in [0.29, 0.717) is 49.5 Å². The first-order valence-corrected chi connectivity index (χ1v) is 10.2. The number of carbonyl (C=O) groups is 1. The first-order valence-electron chi connectivity index (χ1n) is 10.2. The molecule has 1 atom stereocenters. The number of amides is 1. The summed E-state index contributed by atoms with van der Waals surface area (Å²) in [6, 6.07) is 14.2. The molecule has 0 radical (unpaired) electrons. The zero-order chi connectivity index (χ0) is 21.6.